The molecule has 26 heavy (non-hydrogen) atoms. The molecule has 2 aliphatic rings. The van der Waals surface area contributed by atoms with Crippen LogP contribution in [0.2, 0.25) is 0 Å². The largest absolute Gasteiger partial charge is 0.354 e. The summed E-state index contributed by atoms with van der Waals surface area (Å²) >= 11 is 1.67. The maximum Gasteiger partial charge on any atom is 0.193 e. The number of carbonyl (C=O) groups is 1. The lowest BCUT2D eigenvalue weighted by Crippen LogP contribution is -2.03. The third-order valence-electron chi connectivity index (χ3n) is 4.81. The van der Waals surface area contributed by atoms with Crippen LogP contribution in [0.25, 0.3) is 16.8 Å². The lowest BCUT2D eigenvalue weighted by molar-refractivity contribution is 0.103. The van der Waals surface area contributed by atoms with Crippen LogP contribution in [0.5, 0.6) is 0 Å². The lowest BCUT2D eigenvalue weighted by Gasteiger charge is -2.13. The molecule has 1 aliphatic heterocycles. The Balaban J connectivity index is 1.66. The molecule has 4 heteroatoms. The maximum absolute atomic E-state index is 13.3. The van der Waals surface area contributed by atoms with Gasteiger partial charge in [-0.1, -0.05) is 42.5 Å². The summed E-state index contributed by atoms with van der Waals surface area (Å²) in [4.78, 5) is 14.4. The average Bonchev–Trinajstić information content (AvgIpc) is 2.82. The quantitative estimate of drug-likeness (QED) is 0.611. The Bertz CT molecular complexity index is 1090. The molecule has 0 spiro atoms. The number of hydrogen-bond donors (Lipinski definition) is 1. The molecule has 0 unspecified atom stereocenters. The van der Waals surface area contributed by atoms with E-state index in [1.807, 2.05) is 36.4 Å². The fourth-order valence-corrected chi connectivity index (χ4v) is 4.59. The van der Waals surface area contributed by atoms with E-state index >= 15 is 0 Å². The first kappa shape index (κ1) is 15.4. The van der Waals surface area contributed by atoms with Gasteiger partial charge in [0.15, 0.2) is 5.78 Å². The van der Waals surface area contributed by atoms with E-state index in [4.69, 9.17) is 0 Å². The van der Waals surface area contributed by atoms with E-state index in [-0.39, 0.29) is 11.6 Å². The zero-order valence-corrected chi connectivity index (χ0v) is 14.6. The summed E-state index contributed by atoms with van der Waals surface area (Å²) in [6.07, 6.45) is 0. The third-order valence-corrected chi connectivity index (χ3v) is 5.91. The van der Waals surface area contributed by atoms with E-state index in [1.54, 1.807) is 23.9 Å². The van der Waals surface area contributed by atoms with Gasteiger partial charge < -0.3 is 5.32 Å². The number of Topliss-reactive ketones (excluding diaryl/α,β-unsaturated/α-hetero) is 1. The fraction of sp³-hybridized carbons (Fsp3) is 0.0455. The zero-order valence-electron chi connectivity index (χ0n) is 13.8. The van der Waals surface area contributed by atoms with Crippen molar-refractivity contribution in [2.24, 2.45) is 0 Å². The van der Waals surface area contributed by atoms with Crippen LogP contribution >= 0.6 is 11.8 Å². The van der Waals surface area contributed by atoms with Crippen LogP contribution in [-0.2, 0) is 0 Å². The van der Waals surface area contributed by atoms with Crippen molar-refractivity contribution >= 4 is 28.9 Å². The van der Waals surface area contributed by atoms with Gasteiger partial charge >= 0.3 is 0 Å². The van der Waals surface area contributed by atoms with Gasteiger partial charge in [0.05, 0.1) is 11.4 Å². The van der Waals surface area contributed by atoms with E-state index in [2.05, 4.69) is 11.4 Å². The standard InChI is InChI=1S/C22H14FNOS/c23-14-10-8-13(9-11-14)15-4-3-5-16-20(15)22(25)17-12-26-19-7-2-1-6-18(19)24-21(16)17/h1-11,24H,12H2. The van der Waals surface area contributed by atoms with Gasteiger partial charge in [0.1, 0.15) is 5.82 Å². The number of nitrogens with one attached hydrogen (secondary N) is 1. The van der Waals surface area contributed by atoms with Crippen LogP contribution in [0.15, 0.2) is 77.2 Å². The lowest BCUT2D eigenvalue weighted by atomic mass is 9.95. The Morgan fingerprint density at radius 1 is 0.885 bits per heavy atom. The van der Waals surface area contributed by atoms with Crippen molar-refractivity contribution in [1.82, 2.24) is 0 Å². The van der Waals surface area contributed by atoms with Crippen molar-refractivity contribution in [3.8, 4) is 11.1 Å². The Morgan fingerprint density at radius 2 is 1.65 bits per heavy atom. The summed E-state index contributed by atoms with van der Waals surface area (Å²) in [7, 11) is 0. The summed E-state index contributed by atoms with van der Waals surface area (Å²) in [5.41, 5.74) is 6.04. The van der Waals surface area contributed by atoms with Gasteiger partial charge in [-0.3, -0.25) is 4.79 Å². The van der Waals surface area contributed by atoms with E-state index in [1.165, 1.54) is 12.1 Å². The molecule has 3 aromatic carbocycles. The maximum atomic E-state index is 13.3. The Kier molecular flexibility index (Phi) is 3.47. The van der Waals surface area contributed by atoms with Crippen molar-refractivity contribution in [3.63, 3.8) is 0 Å². The normalized spacial score (nSPS) is 15.0. The number of anilines is 1. The SMILES string of the molecule is O=C1C2=C(Nc3ccccc3SC2)c2cccc(-c3ccc(F)cc3)c21. The smallest absolute Gasteiger partial charge is 0.193 e. The Morgan fingerprint density at radius 3 is 2.50 bits per heavy atom. The topological polar surface area (TPSA) is 29.1 Å². The molecule has 126 valence electrons. The van der Waals surface area contributed by atoms with E-state index in [9.17, 15) is 9.18 Å². The number of ketones is 1. The summed E-state index contributed by atoms with van der Waals surface area (Å²) < 4.78 is 13.3. The first-order chi connectivity index (χ1) is 12.7. The minimum absolute atomic E-state index is 0.0581. The van der Waals surface area contributed by atoms with Gasteiger partial charge in [0, 0.05) is 27.3 Å². The fourth-order valence-electron chi connectivity index (χ4n) is 3.56. The molecule has 0 aromatic heterocycles. The number of para-hydroxylation sites is 1. The molecule has 0 bridgehead atoms. The van der Waals surface area contributed by atoms with Gasteiger partial charge in [-0.25, -0.2) is 4.39 Å². The Hall–Kier alpha value is -2.85. The predicted octanol–water partition coefficient (Wildman–Crippen LogP) is 5.62. The van der Waals surface area contributed by atoms with Crippen molar-refractivity contribution in [3.05, 3.63) is 89.2 Å². The second kappa shape index (κ2) is 5.85. The summed E-state index contributed by atoms with van der Waals surface area (Å²) in [6, 6.07) is 20.3. The van der Waals surface area contributed by atoms with Crippen LogP contribution in [-0.4, -0.2) is 11.5 Å². The molecule has 1 aliphatic carbocycles. The first-order valence-corrected chi connectivity index (χ1v) is 9.37. The molecule has 0 saturated heterocycles. The van der Waals surface area contributed by atoms with E-state index in [0.717, 1.165) is 38.5 Å². The molecule has 0 radical (unpaired) electrons. The molecule has 1 heterocycles. The van der Waals surface area contributed by atoms with Crippen LogP contribution < -0.4 is 5.32 Å². The molecule has 1 N–H and O–H groups in total. The first-order valence-electron chi connectivity index (χ1n) is 8.38. The van der Waals surface area contributed by atoms with Gasteiger partial charge in [-0.2, -0.15) is 0 Å². The minimum atomic E-state index is -0.281. The number of hydrogen-bond acceptors (Lipinski definition) is 3. The molecule has 2 nitrogen and oxygen atoms in total. The number of thioether (sulfide) groups is 1. The predicted molar refractivity (Wildman–Crippen MR) is 104 cm³/mol. The second-order valence-electron chi connectivity index (χ2n) is 6.33. The molecule has 3 aromatic rings. The van der Waals surface area contributed by atoms with Crippen LogP contribution in [0.4, 0.5) is 10.1 Å². The highest BCUT2D eigenvalue weighted by Gasteiger charge is 2.33. The molecular weight excluding hydrogens is 345 g/mol. The van der Waals surface area contributed by atoms with Crippen LogP contribution in [0, 0.1) is 5.82 Å². The third kappa shape index (κ3) is 2.30. The van der Waals surface area contributed by atoms with E-state index < -0.39 is 0 Å². The van der Waals surface area contributed by atoms with Crippen molar-refractivity contribution in [2.75, 3.05) is 11.1 Å². The number of halogens is 1. The highest BCUT2D eigenvalue weighted by molar-refractivity contribution is 7.99. The average molecular weight is 359 g/mol. The molecule has 0 fully saturated rings. The van der Waals surface area contributed by atoms with Crippen LogP contribution in [0.1, 0.15) is 15.9 Å². The summed E-state index contributed by atoms with van der Waals surface area (Å²) in [5.74, 6) is 0.411. The zero-order chi connectivity index (χ0) is 17.7. The summed E-state index contributed by atoms with van der Waals surface area (Å²) in [6.45, 7) is 0. The van der Waals surface area contributed by atoms with Crippen LogP contribution in [0.3, 0.4) is 0 Å². The number of rotatable bonds is 1. The highest BCUT2D eigenvalue weighted by Crippen LogP contribution is 2.44. The van der Waals surface area contributed by atoms with Crippen molar-refractivity contribution in [2.45, 2.75) is 4.90 Å². The van der Waals surface area contributed by atoms with E-state index in [0.29, 0.717) is 11.3 Å². The molecule has 0 amide bonds. The van der Waals surface area contributed by atoms with Gasteiger partial charge in [0.2, 0.25) is 0 Å². The molecule has 0 atom stereocenters. The monoisotopic (exact) mass is 359 g/mol. The van der Waals surface area contributed by atoms with Gasteiger partial charge in [0.25, 0.3) is 0 Å². The number of benzene rings is 3. The number of carbonyl (C=O) groups excluding carboxylic acids is 1. The molecular formula is C22H14FNOS. The number of fused-ring (bicyclic) bond motifs is 3. The summed E-state index contributed by atoms with van der Waals surface area (Å²) in [5, 5.41) is 3.47. The van der Waals surface area contributed by atoms with Gasteiger partial charge in [-0.05, 0) is 35.4 Å². The van der Waals surface area contributed by atoms with Gasteiger partial charge in [-0.15, -0.1) is 11.8 Å². The Labute approximate surface area is 154 Å². The van der Waals surface area contributed by atoms with Crippen molar-refractivity contribution < 1.29 is 9.18 Å². The highest BCUT2D eigenvalue weighted by atomic mass is 32.2. The molecule has 0 saturated carbocycles. The minimum Gasteiger partial charge on any atom is -0.354 e. The second-order valence-corrected chi connectivity index (χ2v) is 7.34. The van der Waals surface area contributed by atoms with Crippen molar-refractivity contribution in [1.29, 1.82) is 0 Å². The molecule has 5 rings (SSSR count).